The molecule has 0 unspecified atom stereocenters. The maximum Gasteiger partial charge on any atom is 0.127 e. The van der Waals surface area contributed by atoms with E-state index in [0.29, 0.717) is 17.2 Å². The SMILES string of the molecule is O[C@@H]1C[C@H](c2ccccc2)Oc2cc(Cl)ccc21. The van der Waals surface area contributed by atoms with Crippen molar-refractivity contribution in [3.8, 4) is 5.75 Å². The second kappa shape index (κ2) is 4.63. The zero-order valence-electron chi connectivity index (χ0n) is 9.71. The molecule has 0 aromatic heterocycles. The maximum atomic E-state index is 10.2. The number of rotatable bonds is 1. The Morgan fingerprint density at radius 2 is 1.89 bits per heavy atom. The molecule has 18 heavy (non-hydrogen) atoms. The lowest BCUT2D eigenvalue weighted by Gasteiger charge is -2.30. The number of ether oxygens (including phenoxy) is 1. The van der Waals surface area contributed by atoms with Crippen molar-refractivity contribution in [2.45, 2.75) is 18.6 Å². The van der Waals surface area contributed by atoms with Crippen molar-refractivity contribution in [3.63, 3.8) is 0 Å². The van der Waals surface area contributed by atoms with E-state index in [4.69, 9.17) is 16.3 Å². The summed E-state index contributed by atoms with van der Waals surface area (Å²) in [5.74, 6) is 0.676. The lowest BCUT2D eigenvalue weighted by atomic mass is 9.95. The van der Waals surface area contributed by atoms with Gasteiger partial charge in [-0.05, 0) is 17.7 Å². The van der Waals surface area contributed by atoms with Crippen molar-refractivity contribution in [2.24, 2.45) is 0 Å². The first-order chi connectivity index (χ1) is 8.74. The Morgan fingerprint density at radius 3 is 2.67 bits per heavy atom. The molecule has 0 saturated carbocycles. The van der Waals surface area contributed by atoms with Gasteiger partial charge < -0.3 is 9.84 Å². The minimum atomic E-state index is -0.503. The largest absolute Gasteiger partial charge is 0.485 e. The second-order valence-corrected chi connectivity index (χ2v) is 4.89. The Labute approximate surface area is 111 Å². The van der Waals surface area contributed by atoms with Crippen LogP contribution in [0, 0.1) is 0 Å². The van der Waals surface area contributed by atoms with Crippen molar-refractivity contribution in [2.75, 3.05) is 0 Å². The molecule has 0 saturated heterocycles. The van der Waals surface area contributed by atoms with Gasteiger partial charge in [0.25, 0.3) is 0 Å². The monoisotopic (exact) mass is 260 g/mol. The van der Waals surface area contributed by atoms with Gasteiger partial charge in [-0.2, -0.15) is 0 Å². The number of hydrogen-bond acceptors (Lipinski definition) is 2. The van der Waals surface area contributed by atoms with E-state index in [9.17, 15) is 5.11 Å². The predicted molar refractivity (Wildman–Crippen MR) is 70.8 cm³/mol. The fourth-order valence-corrected chi connectivity index (χ4v) is 2.45. The third-order valence-corrected chi connectivity index (χ3v) is 3.45. The lowest BCUT2D eigenvalue weighted by molar-refractivity contribution is 0.0658. The maximum absolute atomic E-state index is 10.2. The fraction of sp³-hybridized carbons (Fsp3) is 0.200. The van der Waals surface area contributed by atoms with Gasteiger partial charge in [0.15, 0.2) is 0 Å². The first-order valence-electron chi connectivity index (χ1n) is 5.93. The van der Waals surface area contributed by atoms with Crippen molar-refractivity contribution in [1.29, 1.82) is 0 Å². The van der Waals surface area contributed by atoms with Gasteiger partial charge in [0.2, 0.25) is 0 Å². The van der Waals surface area contributed by atoms with Crippen LogP contribution in [-0.2, 0) is 0 Å². The van der Waals surface area contributed by atoms with E-state index in [0.717, 1.165) is 11.1 Å². The summed E-state index contributed by atoms with van der Waals surface area (Å²) in [4.78, 5) is 0. The van der Waals surface area contributed by atoms with Crippen molar-refractivity contribution in [1.82, 2.24) is 0 Å². The van der Waals surface area contributed by atoms with Crippen LogP contribution < -0.4 is 4.74 Å². The van der Waals surface area contributed by atoms with Gasteiger partial charge in [0.1, 0.15) is 11.9 Å². The molecule has 2 nitrogen and oxygen atoms in total. The molecule has 92 valence electrons. The zero-order valence-corrected chi connectivity index (χ0v) is 10.5. The molecule has 1 heterocycles. The Balaban J connectivity index is 1.96. The van der Waals surface area contributed by atoms with Crippen LogP contribution in [0.3, 0.4) is 0 Å². The van der Waals surface area contributed by atoms with Crippen LogP contribution >= 0.6 is 11.6 Å². The van der Waals surface area contributed by atoms with E-state index in [2.05, 4.69) is 0 Å². The summed E-state index contributed by atoms with van der Waals surface area (Å²) in [7, 11) is 0. The average Bonchev–Trinajstić information content (AvgIpc) is 2.39. The molecular weight excluding hydrogens is 248 g/mol. The third kappa shape index (κ3) is 2.09. The summed E-state index contributed by atoms with van der Waals surface area (Å²) < 4.78 is 5.92. The molecule has 0 radical (unpaired) electrons. The van der Waals surface area contributed by atoms with E-state index < -0.39 is 6.10 Å². The summed E-state index contributed by atoms with van der Waals surface area (Å²) in [6.07, 6.45) is -0.0538. The lowest BCUT2D eigenvalue weighted by Crippen LogP contribution is -2.18. The Morgan fingerprint density at radius 1 is 1.11 bits per heavy atom. The standard InChI is InChI=1S/C15H13ClO2/c16-11-6-7-12-13(17)9-14(18-15(12)8-11)10-4-2-1-3-5-10/h1-8,13-14,17H,9H2/t13-,14-/m1/s1. The summed E-state index contributed by atoms with van der Waals surface area (Å²) >= 11 is 5.96. The van der Waals surface area contributed by atoms with Crippen LogP contribution in [0.15, 0.2) is 48.5 Å². The minimum Gasteiger partial charge on any atom is -0.485 e. The molecule has 0 bridgehead atoms. The molecule has 2 aromatic rings. The highest BCUT2D eigenvalue weighted by atomic mass is 35.5. The van der Waals surface area contributed by atoms with Crippen LogP contribution in [-0.4, -0.2) is 5.11 Å². The molecule has 0 spiro atoms. The topological polar surface area (TPSA) is 29.5 Å². The summed E-state index contributed by atoms with van der Waals surface area (Å²) in [6.45, 7) is 0. The van der Waals surface area contributed by atoms with E-state index in [1.54, 1.807) is 12.1 Å². The summed E-state index contributed by atoms with van der Waals surface area (Å²) in [5.41, 5.74) is 1.88. The van der Waals surface area contributed by atoms with Crippen LogP contribution in [0.1, 0.15) is 29.8 Å². The normalized spacial score (nSPS) is 22.1. The molecule has 3 heteroatoms. The highest BCUT2D eigenvalue weighted by Gasteiger charge is 2.27. The van der Waals surface area contributed by atoms with Gasteiger partial charge >= 0.3 is 0 Å². The highest BCUT2D eigenvalue weighted by molar-refractivity contribution is 6.30. The number of benzene rings is 2. The van der Waals surface area contributed by atoms with Crippen LogP contribution in [0.25, 0.3) is 0 Å². The Bertz CT molecular complexity index is 554. The molecule has 0 fully saturated rings. The quantitative estimate of drug-likeness (QED) is 0.843. The smallest absolute Gasteiger partial charge is 0.127 e. The number of aliphatic hydroxyl groups excluding tert-OH is 1. The van der Waals surface area contributed by atoms with Gasteiger partial charge in [0, 0.05) is 17.0 Å². The average molecular weight is 261 g/mol. The number of halogens is 1. The van der Waals surface area contributed by atoms with Crippen LogP contribution in [0.5, 0.6) is 5.75 Å². The minimum absolute atomic E-state index is 0.118. The number of fused-ring (bicyclic) bond motifs is 1. The summed E-state index contributed by atoms with van der Waals surface area (Å²) in [6, 6.07) is 15.3. The van der Waals surface area contributed by atoms with Gasteiger partial charge in [-0.25, -0.2) is 0 Å². The Hall–Kier alpha value is -1.51. The molecule has 2 aromatic carbocycles. The van der Waals surface area contributed by atoms with Crippen molar-refractivity contribution in [3.05, 3.63) is 64.7 Å². The predicted octanol–water partition coefficient (Wildman–Crippen LogP) is 3.90. The highest BCUT2D eigenvalue weighted by Crippen LogP contribution is 2.41. The van der Waals surface area contributed by atoms with Gasteiger partial charge in [-0.1, -0.05) is 48.0 Å². The van der Waals surface area contributed by atoms with Crippen LogP contribution in [0.4, 0.5) is 0 Å². The molecule has 2 atom stereocenters. The van der Waals surface area contributed by atoms with E-state index in [1.165, 1.54) is 0 Å². The molecule has 1 aliphatic heterocycles. The van der Waals surface area contributed by atoms with Gasteiger partial charge in [-0.3, -0.25) is 0 Å². The molecule has 3 rings (SSSR count). The van der Waals surface area contributed by atoms with E-state index in [1.807, 2.05) is 36.4 Å². The van der Waals surface area contributed by atoms with Gasteiger partial charge in [-0.15, -0.1) is 0 Å². The number of aliphatic hydroxyl groups is 1. The van der Waals surface area contributed by atoms with Crippen molar-refractivity contribution >= 4 is 11.6 Å². The van der Waals surface area contributed by atoms with Crippen molar-refractivity contribution < 1.29 is 9.84 Å². The molecule has 0 amide bonds. The molecule has 1 N–H and O–H groups in total. The molecule has 1 aliphatic rings. The zero-order chi connectivity index (χ0) is 12.5. The second-order valence-electron chi connectivity index (χ2n) is 4.45. The number of hydrogen-bond donors (Lipinski definition) is 1. The first-order valence-corrected chi connectivity index (χ1v) is 6.31. The van der Waals surface area contributed by atoms with Crippen LogP contribution in [0.2, 0.25) is 5.02 Å². The van der Waals surface area contributed by atoms with E-state index >= 15 is 0 Å². The molecular formula is C15H13ClO2. The van der Waals surface area contributed by atoms with E-state index in [-0.39, 0.29) is 6.10 Å². The molecule has 0 aliphatic carbocycles. The fourth-order valence-electron chi connectivity index (χ4n) is 2.29. The Kier molecular flexibility index (Phi) is 2.98. The summed E-state index contributed by atoms with van der Waals surface area (Å²) in [5, 5.41) is 10.8. The third-order valence-electron chi connectivity index (χ3n) is 3.21. The van der Waals surface area contributed by atoms with Gasteiger partial charge in [0.05, 0.1) is 6.10 Å². The first kappa shape index (κ1) is 11.6.